The second kappa shape index (κ2) is 10.4. The molecule has 10 nitrogen and oxygen atoms in total. The zero-order chi connectivity index (χ0) is 31.6. The van der Waals surface area contributed by atoms with Gasteiger partial charge in [0.2, 0.25) is 11.5 Å². The number of pyridine rings is 1. The van der Waals surface area contributed by atoms with E-state index in [4.69, 9.17) is 26.8 Å². The van der Waals surface area contributed by atoms with Gasteiger partial charge in [0.25, 0.3) is 5.91 Å². The van der Waals surface area contributed by atoms with Crippen LogP contribution in [0, 0.1) is 0 Å². The fourth-order valence-electron chi connectivity index (χ4n) is 5.22. The van der Waals surface area contributed by atoms with Gasteiger partial charge in [-0.3, -0.25) is 14.3 Å². The number of halogens is 4. The summed E-state index contributed by atoms with van der Waals surface area (Å²) in [6, 6.07) is 10.3. The summed E-state index contributed by atoms with van der Waals surface area (Å²) in [5.74, 6) is -1.46. The molecule has 2 aliphatic rings. The minimum atomic E-state index is -5.32. The maximum atomic E-state index is 14.7. The van der Waals surface area contributed by atoms with Crippen molar-refractivity contribution >= 4 is 34.3 Å². The van der Waals surface area contributed by atoms with E-state index in [1.807, 2.05) is 0 Å². The topological polar surface area (TPSA) is 142 Å². The molecule has 2 aromatic carbocycles. The molecule has 1 unspecified atom stereocenters. The zero-order valence-corrected chi connectivity index (χ0v) is 24.3. The van der Waals surface area contributed by atoms with Crippen LogP contribution >= 0.6 is 11.6 Å². The van der Waals surface area contributed by atoms with E-state index in [2.05, 4.69) is 15.4 Å². The molecule has 0 radical (unpaired) electrons. The highest BCUT2D eigenvalue weighted by Crippen LogP contribution is 2.48. The molecule has 4 N–H and O–H groups in total. The average molecular weight is 630 g/mol. The van der Waals surface area contributed by atoms with Crippen molar-refractivity contribution in [2.45, 2.75) is 43.0 Å². The number of nitrogens with two attached hydrogens (primary N) is 1. The van der Waals surface area contributed by atoms with Gasteiger partial charge < -0.3 is 25.6 Å². The first-order valence-corrected chi connectivity index (χ1v) is 14.0. The molecule has 1 saturated carbocycles. The monoisotopic (exact) mass is 629 g/mol. The molecule has 44 heavy (non-hydrogen) atoms. The van der Waals surface area contributed by atoms with Crippen molar-refractivity contribution in [1.82, 2.24) is 20.1 Å². The van der Waals surface area contributed by atoms with Crippen LogP contribution in [-0.2, 0) is 15.8 Å². The maximum absolute atomic E-state index is 14.7. The number of methoxy groups -OCH3 is 1. The molecule has 6 rings (SSSR count). The Morgan fingerprint density at radius 2 is 1.98 bits per heavy atom. The summed E-state index contributed by atoms with van der Waals surface area (Å²) in [7, 11) is 1.40. The Morgan fingerprint density at radius 1 is 1.25 bits per heavy atom. The SMILES string of the molecule is COc1cc(C(=O)NCC(O)(c2cc3c(c(-c4ccccc4Cl)n2)OC[C@]3(C)C(N)=O)C(F)(F)F)cc2cn(C3CC3)nc12. The summed E-state index contributed by atoms with van der Waals surface area (Å²) < 4.78 is 57.1. The second-order valence-electron chi connectivity index (χ2n) is 11.2. The van der Waals surface area contributed by atoms with Crippen LogP contribution in [-0.4, -0.2) is 58.1 Å². The van der Waals surface area contributed by atoms with Crippen molar-refractivity contribution in [3.8, 4) is 22.8 Å². The van der Waals surface area contributed by atoms with Crippen molar-refractivity contribution in [3.05, 3.63) is 70.5 Å². The van der Waals surface area contributed by atoms with Crippen LogP contribution in [0.4, 0.5) is 13.2 Å². The number of nitrogens with one attached hydrogen (secondary N) is 1. The van der Waals surface area contributed by atoms with Gasteiger partial charge >= 0.3 is 6.18 Å². The molecule has 14 heteroatoms. The summed E-state index contributed by atoms with van der Waals surface area (Å²) >= 11 is 6.36. The number of aromatic nitrogens is 3. The lowest BCUT2D eigenvalue weighted by molar-refractivity contribution is -0.265. The van der Waals surface area contributed by atoms with Crippen LogP contribution in [0.5, 0.6) is 11.5 Å². The summed E-state index contributed by atoms with van der Waals surface area (Å²) in [6.07, 6.45) is -1.63. The van der Waals surface area contributed by atoms with E-state index < -0.39 is 41.2 Å². The molecule has 3 heterocycles. The van der Waals surface area contributed by atoms with Gasteiger partial charge in [-0.1, -0.05) is 29.8 Å². The number of aliphatic hydroxyl groups is 1. The predicted octanol–water partition coefficient (Wildman–Crippen LogP) is 4.41. The van der Waals surface area contributed by atoms with Crippen LogP contribution in [0.1, 0.15) is 47.4 Å². The number of fused-ring (bicyclic) bond motifs is 2. The van der Waals surface area contributed by atoms with E-state index >= 15 is 0 Å². The van der Waals surface area contributed by atoms with Crippen LogP contribution in [0.25, 0.3) is 22.2 Å². The van der Waals surface area contributed by atoms with E-state index in [0.717, 1.165) is 18.9 Å². The number of primary amides is 1. The quantitative estimate of drug-likeness (QED) is 0.262. The lowest BCUT2D eigenvalue weighted by Gasteiger charge is -2.31. The van der Waals surface area contributed by atoms with E-state index in [-0.39, 0.29) is 51.6 Å². The third-order valence-corrected chi connectivity index (χ3v) is 8.47. The molecular weight excluding hydrogens is 603 g/mol. The van der Waals surface area contributed by atoms with Crippen molar-refractivity contribution < 1.29 is 37.3 Å². The smallest absolute Gasteiger partial charge is 0.424 e. The van der Waals surface area contributed by atoms with Gasteiger partial charge in [0.15, 0.2) is 0 Å². The van der Waals surface area contributed by atoms with Gasteiger partial charge in [0.1, 0.15) is 34.7 Å². The van der Waals surface area contributed by atoms with Crippen molar-refractivity contribution in [1.29, 1.82) is 0 Å². The number of rotatable bonds is 8. The number of amides is 2. The Hall–Kier alpha value is -4.36. The predicted molar refractivity (Wildman–Crippen MR) is 154 cm³/mol. The molecule has 4 aromatic rings. The molecule has 1 aliphatic carbocycles. The Balaban J connectivity index is 1.41. The van der Waals surface area contributed by atoms with Crippen molar-refractivity contribution in [2.24, 2.45) is 5.73 Å². The lowest BCUT2D eigenvalue weighted by Crippen LogP contribution is -2.51. The maximum Gasteiger partial charge on any atom is 0.424 e. The Labute approximate surface area is 253 Å². The summed E-state index contributed by atoms with van der Waals surface area (Å²) in [6.45, 7) is -0.146. The Bertz CT molecular complexity index is 1820. The second-order valence-corrected chi connectivity index (χ2v) is 11.6. The number of alkyl halides is 3. The van der Waals surface area contributed by atoms with Crippen LogP contribution < -0.4 is 20.5 Å². The molecule has 230 valence electrons. The molecule has 1 fully saturated rings. The third-order valence-electron chi connectivity index (χ3n) is 8.14. The molecule has 0 bridgehead atoms. The molecular formula is C30H27ClF3N5O5. The largest absolute Gasteiger partial charge is 0.494 e. The normalized spacial score (nSPS) is 19.2. The summed E-state index contributed by atoms with van der Waals surface area (Å²) in [5.41, 5.74) is 0.133. The Morgan fingerprint density at radius 3 is 2.61 bits per heavy atom. The number of benzene rings is 2. The highest BCUT2D eigenvalue weighted by molar-refractivity contribution is 6.33. The van der Waals surface area contributed by atoms with Gasteiger partial charge in [-0.05, 0) is 44.0 Å². The van der Waals surface area contributed by atoms with E-state index in [9.17, 15) is 27.9 Å². The molecule has 1 aliphatic heterocycles. The van der Waals surface area contributed by atoms with Gasteiger partial charge in [-0.2, -0.15) is 18.3 Å². The average Bonchev–Trinajstić information content (AvgIpc) is 3.65. The van der Waals surface area contributed by atoms with Gasteiger partial charge in [0.05, 0.1) is 30.4 Å². The number of carbonyl (C=O) groups is 2. The van der Waals surface area contributed by atoms with E-state index in [0.29, 0.717) is 10.9 Å². The van der Waals surface area contributed by atoms with E-state index in [1.54, 1.807) is 23.0 Å². The first-order valence-electron chi connectivity index (χ1n) is 13.6. The number of nitrogens with zero attached hydrogens (tertiary/aromatic N) is 3. The van der Waals surface area contributed by atoms with Crippen LogP contribution in [0.2, 0.25) is 5.02 Å². The summed E-state index contributed by atoms with van der Waals surface area (Å²) in [4.78, 5) is 29.9. The number of ether oxygens (including phenoxy) is 2. The minimum Gasteiger partial charge on any atom is -0.494 e. The fraction of sp³-hybridized carbons (Fsp3) is 0.333. The number of carbonyl (C=O) groups excluding carboxylic acids is 2. The number of hydrogen-bond acceptors (Lipinski definition) is 7. The first-order chi connectivity index (χ1) is 20.8. The van der Waals surface area contributed by atoms with Crippen molar-refractivity contribution in [3.63, 3.8) is 0 Å². The summed E-state index contributed by atoms with van der Waals surface area (Å²) in [5, 5.41) is 18.7. The highest BCUT2D eigenvalue weighted by Gasteiger charge is 2.57. The number of hydrogen-bond donors (Lipinski definition) is 3. The minimum absolute atomic E-state index is 0.00165. The molecule has 2 amide bonds. The van der Waals surface area contributed by atoms with Crippen LogP contribution in [0.3, 0.4) is 0 Å². The molecule has 0 saturated heterocycles. The first kappa shape index (κ1) is 29.7. The van der Waals surface area contributed by atoms with Crippen molar-refractivity contribution in [2.75, 3.05) is 20.3 Å². The third kappa shape index (κ3) is 4.80. The van der Waals surface area contributed by atoms with Gasteiger partial charge in [0, 0.05) is 28.3 Å². The standard InChI is InChI=1S/C30H27ClF3N5O5/c1-28(27(35)41)14-44-25-19(28)11-22(37-24(25)18-5-3-4-6-20(18)31)29(42,30(32,33)34)13-36-26(40)15-9-16-12-39(17-7-8-17)38-23(16)21(10-15)43-2/h3-6,9-12,17,42H,7-8,13-14H2,1-2H3,(H2,35,41)(H,36,40)/t28-,29?/m0/s1. The van der Waals surface area contributed by atoms with E-state index in [1.165, 1.54) is 38.3 Å². The zero-order valence-electron chi connectivity index (χ0n) is 23.5. The van der Waals surface area contributed by atoms with Gasteiger partial charge in [-0.15, -0.1) is 0 Å². The highest BCUT2D eigenvalue weighted by atomic mass is 35.5. The fourth-order valence-corrected chi connectivity index (χ4v) is 5.44. The molecule has 0 spiro atoms. The van der Waals surface area contributed by atoms with Gasteiger partial charge in [-0.25, -0.2) is 4.98 Å². The molecule has 2 aromatic heterocycles. The molecule has 2 atom stereocenters. The Kier molecular flexibility index (Phi) is 7.00. The van der Waals surface area contributed by atoms with Crippen LogP contribution in [0.15, 0.2) is 48.7 Å². The lowest BCUT2D eigenvalue weighted by atomic mass is 9.81.